The first kappa shape index (κ1) is 12.3. The molecule has 2 N–H and O–H groups in total. The standard InChI is InChI=1S/C13H18FNO2/c1-8(2)12(5-15)11-4-10(14)3-9-6-16-7-17-13(9)11/h3-4,8,12H,5-7,15H2,1-2H3. The van der Waals surface area contributed by atoms with E-state index in [1.807, 2.05) is 0 Å². The van der Waals surface area contributed by atoms with Crippen LogP contribution in [0.25, 0.3) is 0 Å². The zero-order valence-electron chi connectivity index (χ0n) is 10.2. The average Bonchev–Trinajstić information content (AvgIpc) is 2.29. The highest BCUT2D eigenvalue weighted by Crippen LogP contribution is 2.36. The molecule has 1 aliphatic rings. The molecule has 0 spiro atoms. The molecule has 1 aromatic carbocycles. The molecule has 0 aliphatic carbocycles. The summed E-state index contributed by atoms with van der Waals surface area (Å²) in [6.45, 7) is 5.26. The van der Waals surface area contributed by atoms with Crippen molar-refractivity contribution in [3.8, 4) is 5.75 Å². The highest BCUT2D eigenvalue weighted by atomic mass is 19.1. The third kappa shape index (κ3) is 2.42. The van der Waals surface area contributed by atoms with E-state index in [4.69, 9.17) is 15.2 Å². The van der Waals surface area contributed by atoms with E-state index < -0.39 is 0 Å². The highest BCUT2D eigenvalue weighted by Gasteiger charge is 2.24. The molecule has 1 atom stereocenters. The third-order valence-corrected chi connectivity index (χ3v) is 3.16. The van der Waals surface area contributed by atoms with Crippen LogP contribution in [0.3, 0.4) is 0 Å². The van der Waals surface area contributed by atoms with Crippen molar-refractivity contribution in [1.82, 2.24) is 0 Å². The van der Waals surface area contributed by atoms with Crippen LogP contribution in [0.5, 0.6) is 5.75 Å². The molecule has 0 amide bonds. The molecule has 94 valence electrons. The molecule has 3 nitrogen and oxygen atoms in total. The van der Waals surface area contributed by atoms with Crippen LogP contribution in [-0.2, 0) is 11.3 Å². The Labute approximate surface area is 101 Å². The van der Waals surface area contributed by atoms with Crippen LogP contribution in [-0.4, -0.2) is 13.3 Å². The van der Waals surface area contributed by atoms with Crippen molar-refractivity contribution >= 4 is 0 Å². The Morgan fingerprint density at radius 2 is 2.18 bits per heavy atom. The van der Waals surface area contributed by atoms with E-state index >= 15 is 0 Å². The predicted octanol–water partition coefficient (Wildman–Crippen LogP) is 2.39. The maximum Gasteiger partial charge on any atom is 0.189 e. The van der Waals surface area contributed by atoms with Crippen LogP contribution in [0.4, 0.5) is 4.39 Å². The van der Waals surface area contributed by atoms with Gasteiger partial charge in [-0.3, -0.25) is 0 Å². The minimum atomic E-state index is -0.257. The zero-order valence-corrected chi connectivity index (χ0v) is 10.2. The number of fused-ring (bicyclic) bond motifs is 1. The van der Waals surface area contributed by atoms with Crippen LogP contribution in [0, 0.1) is 11.7 Å². The summed E-state index contributed by atoms with van der Waals surface area (Å²) in [6, 6.07) is 2.99. The van der Waals surface area contributed by atoms with Crippen LogP contribution in [0.1, 0.15) is 30.9 Å². The summed E-state index contributed by atoms with van der Waals surface area (Å²) in [4.78, 5) is 0. The van der Waals surface area contributed by atoms with E-state index in [0.29, 0.717) is 19.1 Å². The Balaban J connectivity index is 2.47. The summed E-state index contributed by atoms with van der Waals surface area (Å²) >= 11 is 0. The molecule has 4 heteroatoms. The van der Waals surface area contributed by atoms with Gasteiger partial charge < -0.3 is 15.2 Å². The first-order valence-corrected chi connectivity index (χ1v) is 5.86. The molecule has 1 heterocycles. The van der Waals surface area contributed by atoms with Crippen LogP contribution < -0.4 is 10.5 Å². The summed E-state index contributed by atoms with van der Waals surface area (Å²) < 4.78 is 24.2. The van der Waals surface area contributed by atoms with Gasteiger partial charge in [-0.1, -0.05) is 13.8 Å². The quantitative estimate of drug-likeness (QED) is 0.880. The lowest BCUT2D eigenvalue weighted by Gasteiger charge is -2.26. The van der Waals surface area contributed by atoms with Gasteiger partial charge in [-0.05, 0) is 24.6 Å². The number of ether oxygens (including phenoxy) is 2. The summed E-state index contributed by atoms with van der Waals surface area (Å²) in [5, 5.41) is 0. The summed E-state index contributed by atoms with van der Waals surface area (Å²) in [7, 11) is 0. The number of benzene rings is 1. The normalized spacial score (nSPS) is 16.5. The molecule has 0 saturated carbocycles. The summed E-state index contributed by atoms with van der Waals surface area (Å²) in [6.07, 6.45) is 0. The minimum absolute atomic E-state index is 0.109. The number of halogens is 1. The fourth-order valence-electron chi connectivity index (χ4n) is 2.24. The molecule has 2 rings (SSSR count). The van der Waals surface area contributed by atoms with Gasteiger partial charge in [-0.25, -0.2) is 4.39 Å². The lowest BCUT2D eigenvalue weighted by atomic mass is 9.86. The molecule has 0 saturated heterocycles. The predicted molar refractivity (Wildman–Crippen MR) is 63.3 cm³/mol. The molecular formula is C13H18FNO2. The molecule has 1 aliphatic heterocycles. The fraction of sp³-hybridized carbons (Fsp3) is 0.538. The first-order chi connectivity index (χ1) is 8.13. The van der Waals surface area contributed by atoms with Crippen LogP contribution >= 0.6 is 0 Å². The van der Waals surface area contributed by atoms with Gasteiger partial charge in [0.15, 0.2) is 6.79 Å². The monoisotopic (exact) mass is 239 g/mol. The van der Waals surface area contributed by atoms with E-state index in [1.165, 1.54) is 12.1 Å². The third-order valence-electron chi connectivity index (χ3n) is 3.16. The molecule has 17 heavy (non-hydrogen) atoms. The topological polar surface area (TPSA) is 44.5 Å². The largest absolute Gasteiger partial charge is 0.467 e. The van der Waals surface area contributed by atoms with Crippen molar-refractivity contribution < 1.29 is 13.9 Å². The highest BCUT2D eigenvalue weighted by molar-refractivity contribution is 5.45. The second-order valence-corrected chi connectivity index (χ2v) is 4.68. The van der Waals surface area contributed by atoms with Gasteiger partial charge in [0.05, 0.1) is 6.61 Å². The van der Waals surface area contributed by atoms with Gasteiger partial charge in [0.2, 0.25) is 0 Å². The molecule has 0 aromatic heterocycles. The smallest absolute Gasteiger partial charge is 0.189 e. The van der Waals surface area contributed by atoms with E-state index in [2.05, 4.69) is 13.8 Å². The van der Waals surface area contributed by atoms with Gasteiger partial charge in [-0.2, -0.15) is 0 Å². The van der Waals surface area contributed by atoms with Crippen molar-refractivity contribution in [2.24, 2.45) is 11.7 Å². The molecule has 0 bridgehead atoms. The Bertz CT molecular complexity index is 407. The van der Waals surface area contributed by atoms with E-state index in [9.17, 15) is 4.39 Å². The Kier molecular flexibility index (Phi) is 3.64. The van der Waals surface area contributed by atoms with Crippen molar-refractivity contribution in [3.63, 3.8) is 0 Å². The van der Waals surface area contributed by atoms with Crippen molar-refractivity contribution in [3.05, 3.63) is 29.1 Å². The van der Waals surface area contributed by atoms with Crippen molar-refractivity contribution in [2.75, 3.05) is 13.3 Å². The maximum absolute atomic E-state index is 13.6. The van der Waals surface area contributed by atoms with Gasteiger partial charge in [0.1, 0.15) is 11.6 Å². The number of rotatable bonds is 3. The van der Waals surface area contributed by atoms with Crippen molar-refractivity contribution in [1.29, 1.82) is 0 Å². The summed E-state index contributed by atoms with van der Waals surface area (Å²) in [5.74, 6) is 0.948. The van der Waals surface area contributed by atoms with E-state index in [0.717, 1.165) is 16.9 Å². The summed E-state index contributed by atoms with van der Waals surface area (Å²) in [5.41, 5.74) is 7.41. The van der Waals surface area contributed by atoms with Gasteiger partial charge in [0.25, 0.3) is 0 Å². The molecule has 1 unspecified atom stereocenters. The second kappa shape index (κ2) is 5.02. The molecule has 0 radical (unpaired) electrons. The average molecular weight is 239 g/mol. The fourth-order valence-corrected chi connectivity index (χ4v) is 2.24. The van der Waals surface area contributed by atoms with Crippen molar-refractivity contribution in [2.45, 2.75) is 26.4 Å². The lowest BCUT2D eigenvalue weighted by molar-refractivity contribution is -0.0176. The first-order valence-electron chi connectivity index (χ1n) is 5.86. The minimum Gasteiger partial charge on any atom is -0.467 e. The van der Waals surface area contributed by atoms with E-state index in [1.54, 1.807) is 0 Å². The molecular weight excluding hydrogens is 221 g/mol. The molecule has 0 fully saturated rings. The van der Waals surface area contributed by atoms with Crippen LogP contribution in [0.2, 0.25) is 0 Å². The zero-order chi connectivity index (χ0) is 12.4. The lowest BCUT2D eigenvalue weighted by Crippen LogP contribution is -2.21. The molecule has 1 aromatic rings. The van der Waals surface area contributed by atoms with E-state index in [-0.39, 0.29) is 18.5 Å². The van der Waals surface area contributed by atoms with Gasteiger partial charge >= 0.3 is 0 Å². The second-order valence-electron chi connectivity index (χ2n) is 4.68. The number of nitrogens with two attached hydrogens (primary N) is 1. The number of hydrogen-bond donors (Lipinski definition) is 1. The maximum atomic E-state index is 13.6. The number of hydrogen-bond acceptors (Lipinski definition) is 3. The van der Waals surface area contributed by atoms with Gasteiger partial charge in [0, 0.05) is 17.0 Å². The SMILES string of the molecule is CC(C)C(CN)c1cc(F)cc2c1OCOC2. The Morgan fingerprint density at radius 1 is 1.41 bits per heavy atom. The Morgan fingerprint density at radius 3 is 2.82 bits per heavy atom. The Hall–Kier alpha value is -1.13. The van der Waals surface area contributed by atoms with Gasteiger partial charge in [-0.15, -0.1) is 0 Å². The van der Waals surface area contributed by atoms with Crippen LogP contribution in [0.15, 0.2) is 12.1 Å².